The van der Waals surface area contributed by atoms with Gasteiger partial charge in [0, 0.05) is 32.2 Å². The Balaban J connectivity index is 1.77. The van der Waals surface area contributed by atoms with Crippen molar-refractivity contribution in [3.8, 4) is 0 Å². The smallest absolute Gasteiger partial charge is 0.223 e. The Bertz CT molecular complexity index is 710. The molecule has 2 rings (SSSR count). The van der Waals surface area contributed by atoms with Gasteiger partial charge in [0.25, 0.3) is 0 Å². The van der Waals surface area contributed by atoms with Crippen molar-refractivity contribution in [1.82, 2.24) is 9.62 Å². The number of ether oxygens (including phenoxy) is 1. The van der Waals surface area contributed by atoms with E-state index < -0.39 is 10.0 Å². The van der Waals surface area contributed by atoms with Gasteiger partial charge >= 0.3 is 0 Å². The topological polar surface area (TPSA) is 75.7 Å². The normalized spacial score (nSPS) is 16.6. The third-order valence-electron chi connectivity index (χ3n) is 4.89. The van der Waals surface area contributed by atoms with E-state index in [9.17, 15) is 13.2 Å². The number of hydrogen-bond donors (Lipinski definition) is 1. The van der Waals surface area contributed by atoms with Crippen LogP contribution in [0, 0.1) is 12.8 Å². The van der Waals surface area contributed by atoms with Crippen molar-refractivity contribution in [2.24, 2.45) is 5.92 Å². The van der Waals surface area contributed by atoms with Crippen LogP contribution in [0.2, 0.25) is 0 Å². The van der Waals surface area contributed by atoms with Crippen molar-refractivity contribution in [2.75, 3.05) is 26.2 Å². The third kappa shape index (κ3) is 6.90. The van der Waals surface area contributed by atoms with E-state index in [-0.39, 0.29) is 23.7 Å². The number of rotatable bonds is 9. The largest absolute Gasteiger partial charge is 0.379 e. The number of carbonyl (C=O) groups excluding carboxylic acids is 1. The van der Waals surface area contributed by atoms with E-state index in [2.05, 4.69) is 5.32 Å². The second-order valence-electron chi connectivity index (χ2n) is 7.42. The number of nitrogens with zero attached hydrogens (tertiary/aromatic N) is 1. The predicted molar refractivity (Wildman–Crippen MR) is 107 cm³/mol. The third-order valence-corrected chi connectivity index (χ3v) is 6.72. The average molecular weight is 397 g/mol. The number of piperidine rings is 1. The molecule has 0 saturated carbocycles. The van der Waals surface area contributed by atoms with Crippen LogP contribution in [0.3, 0.4) is 0 Å². The summed E-state index contributed by atoms with van der Waals surface area (Å²) in [4.78, 5) is 12.3. The SMILES string of the molecule is Cc1ccccc1CS(=O)(=O)N1CCC(C(=O)NCCCOC(C)C)CC1. The molecule has 1 aliphatic rings. The Morgan fingerprint density at radius 3 is 2.56 bits per heavy atom. The van der Waals surface area contributed by atoms with Gasteiger partial charge in [-0.1, -0.05) is 24.3 Å². The van der Waals surface area contributed by atoms with Crippen molar-refractivity contribution >= 4 is 15.9 Å². The van der Waals surface area contributed by atoms with E-state index >= 15 is 0 Å². The first kappa shape index (κ1) is 21.9. The van der Waals surface area contributed by atoms with Gasteiger partial charge in [0.2, 0.25) is 15.9 Å². The average Bonchev–Trinajstić information content (AvgIpc) is 2.63. The highest BCUT2D eigenvalue weighted by Crippen LogP contribution is 2.22. The van der Waals surface area contributed by atoms with E-state index in [1.54, 1.807) is 0 Å². The lowest BCUT2D eigenvalue weighted by atomic mass is 9.97. The Morgan fingerprint density at radius 2 is 1.93 bits per heavy atom. The lowest BCUT2D eigenvalue weighted by Crippen LogP contribution is -2.43. The van der Waals surface area contributed by atoms with Crippen LogP contribution >= 0.6 is 0 Å². The minimum absolute atomic E-state index is 0.0202. The van der Waals surface area contributed by atoms with Crippen LogP contribution in [0.15, 0.2) is 24.3 Å². The molecule has 1 aromatic rings. The number of aryl methyl sites for hydroxylation is 1. The molecule has 1 fully saturated rings. The summed E-state index contributed by atoms with van der Waals surface area (Å²) in [6.07, 6.45) is 2.13. The van der Waals surface area contributed by atoms with Crippen LogP contribution in [0.1, 0.15) is 44.2 Å². The molecule has 1 saturated heterocycles. The molecule has 0 aliphatic carbocycles. The molecule has 0 bridgehead atoms. The second kappa shape index (κ2) is 10.2. The Hall–Kier alpha value is -1.44. The van der Waals surface area contributed by atoms with Gasteiger partial charge in [-0.25, -0.2) is 12.7 Å². The molecule has 1 aliphatic heterocycles. The van der Waals surface area contributed by atoms with Crippen LogP contribution in [0.25, 0.3) is 0 Å². The van der Waals surface area contributed by atoms with Crippen LogP contribution in [0.5, 0.6) is 0 Å². The maximum atomic E-state index is 12.7. The van der Waals surface area contributed by atoms with Gasteiger partial charge in [0.05, 0.1) is 11.9 Å². The van der Waals surface area contributed by atoms with Crippen molar-refractivity contribution in [3.05, 3.63) is 35.4 Å². The number of hydrogen-bond acceptors (Lipinski definition) is 4. The van der Waals surface area contributed by atoms with Crippen LogP contribution in [0.4, 0.5) is 0 Å². The number of benzene rings is 1. The summed E-state index contributed by atoms with van der Waals surface area (Å²) in [7, 11) is -3.36. The molecule has 0 radical (unpaired) electrons. The first-order valence-corrected chi connectivity index (χ1v) is 11.3. The lowest BCUT2D eigenvalue weighted by molar-refractivity contribution is -0.126. The van der Waals surface area contributed by atoms with E-state index in [4.69, 9.17) is 4.74 Å². The minimum Gasteiger partial charge on any atom is -0.379 e. The second-order valence-corrected chi connectivity index (χ2v) is 9.39. The molecule has 7 heteroatoms. The predicted octanol–water partition coefficient (Wildman–Crippen LogP) is 2.47. The molecule has 152 valence electrons. The fourth-order valence-electron chi connectivity index (χ4n) is 3.20. The Morgan fingerprint density at radius 1 is 1.26 bits per heavy atom. The molecule has 1 amide bonds. The molecule has 6 nitrogen and oxygen atoms in total. The molecule has 0 atom stereocenters. The summed E-state index contributed by atoms with van der Waals surface area (Å²) in [5.41, 5.74) is 1.82. The molecule has 27 heavy (non-hydrogen) atoms. The molecule has 1 aromatic carbocycles. The highest BCUT2D eigenvalue weighted by Gasteiger charge is 2.31. The molecule has 1 N–H and O–H groups in total. The molecule has 0 aromatic heterocycles. The quantitative estimate of drug-likeness (QED) is 0.651. The number of nitrogens with one attached hydrogen (secondary N) is 1. The monoisotopic (exact) mass is 396 g/mol. The summed E-state index contributed by atoms with van der Waals surface area (Å²) in [5.74, 6) is -0.0664. The Labute approximate surface area is 163 Å². The van der Waals surface area contributed by atoms with Gasteiger partial charge in [-0.05, 0) is 51.2 Å². The van der Waals surface area contributed by atoms with Gasteiger partial charge in [-0.2, -0.15) is 0 Å². The number of carbonyl (C=O) groups is 1. The first-order valence-electron chi connectivity index (χ1n) is 9.71. The summed E-state index contributed by atoms with van der Waals surface area (Å²) in [6.45, 7) is 7.93. The van der Waals surface area contributed by atoms with Crippen molar-refractivity contribution in [2.45, 2.75) is 51.9 Å². The number of amides is 1. The zero-order valence-electron chi connectivity index (χ0n) is 16.6. The standard InChI is InChI=1S/C20H32N2O4S/c1-16(2)26-14-6-11-21-20(23)18-9-12-22(13-10-18)27(24,25)15-19-8-5-4-7-17(19)3/h4-5,7-8,16,18H,6,9-15H2,1-3H3,(H,21,23). The van der Waals surface area contributed by atoms with Gasteiger partial charge in [0.15, 0.2) is 0 Å². The van der Waals surface area contributed by atoms with Crippen LogP contribution in [-0.2, 0) is 25.3 Å². The van der Waals surface area contributed by atoms with Crippen molar-refractivity contribution in [1.29, 1.82) is 0 Å². The zero-order chi connectivity index (χ0) is 19.9. The maximum Gasteiger partial charge on any atom is 0.223 e. The summed E-state index contributed by atoms with van der Waals surface area (Å²) in [6, 6.07) is 7.55. The summed E-state index contributed by atoms with van der Waals surface area (Å²) >= 11 is 0. The van der Waals surface area contributed by atoms with Crippen LogP contribution in [-0.4, -0.2) is 51.0 Å². The first-order chi connectivity index (χ1) is 12.8. The van der Waals surface area contributed by atoms with Crippen molar-refractivity contribution in [3.63, 3.8) is 0 Å². The Kier molecular flexibility index (Phi) is 8.26. The van der Waals surface area contributed by atoms with Crippen molar-refractivity contribution < 1.29 is 17.9 Å². The summed E-state index contributed by atoms with van der Waals surface area (Å²) in [5, 5.41) is 2.94. The highest BCUT2D eigenvalue weighted by atomic mass is 32.2. The van der Waals surface area contributed by atoms with Gasteiger partial charge in [-0.15, -0.1) is 0 Å². The van der Waals surface area contributed by atoms with Crippen LogP contribution < -0.4 is 5.32 Å². The molecule has 1 heterocycles. The van der Waals surface area contributed by atoms with E-state index in [0.717, 1.165) is 17.5 Å². The van der Waals surface area contributed by atoms with Gasteiger partial charge in [0.1, 0.15) is 0 Å². The minimum atomic E-state index is -3.36. The van der Waals surface area contributed by atoms with Gasteiger partial charge < -0.3 is 10.1 Å². The fraction of sp³-hybridized carbons (Fsp3) is 0.650. The van der Waals surface area contributed by atoms with E-state index in [1.807, 2.05) is 45.0 Å². The van der Waals surface area contributed by atoms with Gasteiger partial charge in [-0.3, -0.25) is 4.79 Å². The molecule has 0 unspecified atom stereocenters. The molecular formula is C20H32N2O4S. The lowest BCUT2D eigenvalue weighted by Gasteiger charge is -2.30. The molecule has 0 spiro atoms. The maximum absolute atomic E-state index is 12.7. The molecular weight excluding hydrogens is 364 g/mol. The fourth-order valence-corrected chi connectivity index (χ4v) is 4.87. The zero-order valence-corrected chi connectivity index (χ0v) is 17.4. The highest BCUT2D eigenvalue weighted by molar-refractivity contribution is 7.88. The van der Waals surface area contributed by atoms with E-state index in [0.29, 0.717) is 39.1 Å². The summed E-state index contributed by atoms with van der Waals surface area (Å²) < 4.78 is 32.4. The number of sulfonamides is 1. The van der Waals surface area contributed by atoms with E-state index in [1.165, 1.54) is 4.31 Å².